The maximum atomic E-state index is 12.9. The van der Waals surface area contributed by atoms with Crippen LogP contribution in [0.2, 0.25) is 0 Å². The summed E-state index contributed by atoms with van der Waals surface area (Å²) in [6, 6.07) is 10.0. The molecule has 1 saturated heterocycles. The maximum absolute atomic E-state index is 12.9. The number of carbonyl (C=O) groups excluding carboxylic acids is 5. The van der Waals surface area contributed by atoms with E-state index in [1.807, 2.05) is 38.5 Å². The lowest BCUT2D eigenvalue weighted by Gasteiger charge is -2.30. The minimum atomic E-state index is -2.92. The van der Waals surface area contributed by atoms with Crippen LogP contribution in [0.5, 0.6) is 0 Å². The number of likely N-dealkylation sites (N-methyl/N-ethyl adjacent to an activating group) is 5. The van der Waals surface area contributed by atoms with Crippen molar-refractivity contribution in [2.75, 3.05) is 112 Å². The third kappa shape index (κ3) is 21.1. The number of hydrogen-bond acceptors (Lipinski definition) is 17. The lowest BCUT2D eigenvalue weighted by molar-refractivity contribution is -0.134. The summed E-state index contributed by atoms with van der Waals surface area (Å²) in [5, 5.41) is 26.5. The van der Waals surface area contributed by atoms with Crippen LogP contribution in [0.3, 0.4) is 0 Å². The molecule has 0 radical (unpaired) electrons. The van der Waals surface area contributed by atoms with Crippen LogP contribution in [0.1, 0.15) is 230 Å². The largest absolute Gasteiger partial charge is 0.340 e. The highest BCUT2D eigenvalue weighted by Gasteiger charge is 2.39. The molecule has 5 N–H and O–H groups in total. The van der Waals surface area contributed by atoms with Gasteiger partial charge < -0.3 is 51.1 Å². The fourth-order valence-corrected chi connectivity index (χ4v) is 25.0. The van der Waals surface area contributed by atoms with Crippen molar-refractivity contribution in [1.29, 1.82) is 0 Å². The van der Waals surface area contributed by atoms with Gasteiger partial charge in [0.25, 0.3) is 0 Å². The Hall–Kier alpha value is -4.40. The van der Waals surface area contributed by atoms with E-state index in [0.717, 1.165) is 120 Å². The van der Waals surface area contributed by atoms with E-state index in [9.17, 15) is 32.4 Å². The molecule has 568 valence electrons. The number of nitrogens with one attached hydrogen (secondary N) is 5. The normalized spacial score (nSPS) is 25.3. The van der Waals surface area contributed by atoms with Crippen molar-refractivity contribution in [1.82, 2.24) is 51.1 Å². The predicted molar refractivity (Wildman–Crippen MR) is 424 cm³/mol. The first-order chi connectivity index (χ1) is 50.2. The van der Waals surface area contributed by atoms with Crippen molar-refractivity contribution >= 4 is 96.1 Å². The number of fused-ring (bicyclic) bond motifs is 5. The monoisotopic (exact) mass is 1520 g/mol. The summed E-state index contributed by atoms with van der Waals surface area (Å²) in [7, 11) is 6.48. The average molecular weight is 1530 g/mol. The Morgan fingerprint density at radius 3 is 0.728 bits per heavy atom. The molecule has 17 nitrogen and oxygen atoms in total. The minimum absolute atomic E-state index is 0.0756. The van der Waals surface area contributed by atoms with Crippen molar-refractivity contribution in [3.05, 3.63) is 109 Å². The van der Waals surface area contributed by atoms with Crippen LogP contribution in [0, 0.1) is 29.6 Å². The molecule has 6 atom stereocenters. The Balaban J connectivity index is 0.000000129. The van der Waals surface area contributed by atoms with Crippen LogP contribution in [0.15, 0.2) is 57.2 Å². The molecule has 11 heterocycles. The van der Waals surface area contributed by atoms with Crippen LogP contribution in [-0.4, -0.2) is 175 Å². The van der Waals surface area contributed by atoms with Gasteiger partial charge in [0, 0.05) is 89.8 Å². The van der Waals surface area contributed by atoms with Gasteiger partial charge in [-0.05, 0) is 246 Å². The average Bonchev–Trinajstić information content (AvgIpc) is 1.73. The molecule has 6 aliphatic heterocycles. The summed E-state index contributed by atoms with van der Waals surface area (Å²) in [5.41, 5.74) is 6.66. The number of hydrogen-bond donors (Lipinski definition) is 5. The topological polar surface area (TPSA) is 196 Å². The molecule has 0 bridgehead atoms. The molecule has 23 heteroatoms. The molecule has 103 heavy (non-hydrogen) atoms. The SMILES string of the molecule is CNC1C(=O)N(CC2CCCCC2)CCc2ccsc21.CNC1C(=O)N(CC2CCCCC2)CCc2ccsc21.CNC1C(=O)N(CC2CCCCC2)CCc2ccsc21.CNC1C(=O)N(CC2CCCCCC2)CCc2ccsc21.CNC1C(=O)N(CC2CCCS(=O)(=O)C2)CCc2ccsc21. The summed E-state index contributed by atoms with van der Waals surface area (Å²) in [5.74, 6) is 4.68. The smallest absolute Gasteiger partial charge is 0.245 e. The number of thiophene rings is 5. The van der Waals surface area contributed by atoms with Gasteiger partial charge >= 0.3 is 0 Å². The first-order valence-corrected chi connectivity index (χ1v) is 45.7. The number of sulfone groups is 1. The third-order valence-electron chi connectivity index (χ3n) is 23.8. The fourth-order valence-electron chi connectivity index (χ4n) is 18.0. The van der Waals surface area contributed by atoms with Gasteiger partial charge in [-0.3, -0.25) is 24.0 Å². The van der Waals surface area contributed by atoms with Crippen molar-refractivity contribution < 1.29 is 32.4 Å². The number of carbonyl (C=O) groups is 5. The quantitative estimate of drug-likeness (QED) is 0.0623. The molecular formula is C80H120N10O7S6. The van der Waals surface area contributed by atoms with E-state index in [1.54, 1.807) is 63.7 Å². The van der Waals surface area contributed by atoms with Gasteiger partial charge in [-0.1, -0.05) is 83.5 Å². The molecule has 6 unspecified atom stereocenters. The molecule has 5 fully saturated rings. The van der Waals surface area contributed by atoms with Crippen LogP contribution >= 0.6 is 56.7 Å². The first-order valence-electron chi connectivity index (χ1n) is 39.5. The van der Waals surface area contributed by atoms with Gasteiger partial charge in [0.2, 0.25) is 29.5 Å². The molecule has 0 spiro atoms. The highest BCUT2D eigenvalue weighted by atomic mass is 32.2. The van der Waals surface area contributed by atoms with Crippen LogP contribution in [-0.2, 0) is 65.9 Å². The van der Waals surface area contributed by atoms with E-state index < -0.39 is 9.84 Å². The van der Waals surface area contributed by atoms with Crippen LogP contribution in [0.4, 0.5) is 0 Å². The van der Waals surface area contributed by atoms with Crippen molar-refractivity contribution in [3.8, 4) is 0 Å². The second-order valence-electron chi connectivity index (χ2n) is 30.8. The Morgan fingerprint density at radius 2 is 0.515 bits per heavy atom. The minimum Gasteiger partial charge on any atom is -0.340 e. The molecule has 4 saturated carbocycles. The molecule has 15 rings (SSSR count). The highest BCUT2D eigenvalue weighted by molar-refractivity contribution is 7.91. The lowest BCUT2D eigenvalue weighted by Crippen LogP contribution is -2.43. The molecular weight excluding hydrogens is 1410 g/mol. The summed E-state index contributed by atoms with van der Waals surface area (Å²) >= 11 is 8.47. The molecule has 4 aliphatic carbocycles. The number of amides is 5. The lowest BCUT2D eigenvalue weighted by atomic mass is 9.89. The van der Waals surface area contributed by atoms with Crippen molar-refractivity contribution in [2.24, 2.45) is 29.6 Å². The Morgan fingerprint density at radius 1 is 0.311 bits per heavy atom. The maximum Gasteiger partial charge on any atom is 0.245 e. The molecule has 10 aliphatic rings. The summed E-state index contributed by atoms with van der Waals surface area (Å²) in [6.07, 6.45) is 34.5. The second-order valence-corrected chi connectivity index (χ2v) is 37.8. The van der Waals surface area contributed by atoms with E-state index in [2.05, 4.69) is 98.0 Å². The standard InChI is InChI=1S/C17H26N2OS.3C16H24N2OS.C15H22N2O3S2/c1-18-15-16-14(9-11-21-16)8-10-19(17(15)20)12-13-6-4-2-3-5-7-13;3*1-17-14-15-13(8-10-20-15)7-9-18(16(14)19)11-12-5-3-2-4-6-12;1-16-13-14-12(5-7-21-14)4-6-17(15(13)18)9-11-3-2-8-22(19,20)10-11/h9,11,13,15,18H,2-8,10,12H2,1H3;3*8,10,12,14,17H,2-7,9,11H2,1H3;5,7,11,13,16H,2-4,6,8-10H2,1H3. The van der Waals surface area contributed by atoms with E-state index in [4.69, 9.17) is 0 Å². The van der Waals surface area contributed by atoms with Crippen LogP contribution < -0.4 is 26.6 Å². The zero-order valence-corrected chi connectivity index (χ0v) is 67.3. The van der Waals surface area contributed by atoms with Gasteiger partial charge in [0.05, 0.1) is 11.5 Å². The van der Waals surface area contributed by atoms with Crippen molar-refractivity contribution in [3.63, 3.8) is 0 Å². The predicted octanol–water partition coefficient (Wildman–Crippen LogP) is 13.5. The Kier molecular flexibility index (Phi) is 30.6. The van der Waals surface area contributed by atoms with E-state index in [-0.39, 0.29) is 71.4 Å². The molecule has 0 aromatic carbocycles. The van der Waals surface area contributed by atoms with Gasteiger partial charge in [-0.15, -0.1) is 56.7 Å². The number of rotatable bonds is 15. The number of nitrogens with zero attached hydrogens (tertiary/aromatic N) is 5. The third-order valence-corrected chi connectivity index (χ3v) is 30.8. The second kappa shape index (κ2) is 39.6. The van der Waals surface area contributed by atoms with Gasteiger partial charge in [-0.25, -0.2) is 8.42 Å². The zero-order valence-electron chi connectivity index (χ0n) is 62.4. The molecule has 5 amide bonds. The zero-order chi connectivity index (χ0) is 72.2. The summed E-state index contributed by atoms with van der Waals surface area (Å²) in [6.45, 7) is 8.64. The Bertz CT molecular complexity index is 3390. The van der Waals surface area contributed by atoms with Gasteiger partial charge in [0.1, 0.15) is 30.2 Å². The van der Waals surface area contributed by atoms with E-state index in [0.29, 0.717) is 24.8 Å². The Labute approximate surface area is 636 Å². The van der Waals surface area contributed by atoms with Gasteiger partial charge in [-0.2, -0.15) is 0 Å². The van der Waals surface area contributed by atoms with Crippen molar-refractivity contribution in [2.45, 2.75) is 210 Å². The molecule has 5 aromatic rings. The summed E-state index contributed by atoms with van der Waals surface area (Å²) in [4.78, 5) is 80.3. The van der Waals surface area contributed by atoms with E-state index >= 15 is 0 Å². The fraction of sp³-hybridized carbons (Fsp3) is 0.688. The summed E-state index contributed by atoms with van der Waals surface area (Å²) < 4.78 is 23.6. The first kappa shape index (κ1) is 79.6. The van der Waals surface area contributed by atoms with Gasteiger partial charge in [0.15, 0.2) is 9.84 Å². The van der Waals surface area contributed by atoms with Crippen LogP contribution in [0.25, 0.3) is 0 Å². The molecule has 5 aromatic heterocycles. The van der Waals surface area contributed by atoms with E-state index in [1.165, 1.54) is 182 Å². The highest BCUT2D eigenvalue weighted by Crippen LogP contribution is 2.38.